The van der Waals surface area contributed by atoms with Gasteiger partial charge in [-0.1, -0.05) is 81.4 Å². The van der Waals surface area contributed by atoms with E-state index in [1.807, 2.05) is 43.3 Å². The highest BCUT2D eigenvalue weighted by Gasteiger charge is 2.53. The molecule has 1 aliphatic rings. The van der Waals surface area contributed by atoms with Crippen LogP contribution < -0.4 is 10.4 Å². The summed E-state index contributed by atoms with van der Waals surface area (Å²) in [4.78, 5) is 23.5. The molecule has 0 N–H and O–H groups in total. The normalized spacial score (nSPS) is 23.6. The topological polar surface area (TPSA) is 71.1 Å². The summed E-state index contributed by atoms with van der Waals surface area (Å²) < 4.78 is 24.3. The average Bonchev–Trinajstić information content (AvgIpc) is 2.74. The van der Waals surface area contributed by atoms with Crippen molar-refractivity contribution in [3.8, 4) is 0 Å². The van der Waals surface area contributed by atoms with E-state index in [4.69, 9.17) is 18.6 Å². The smallest absolute Gasteiger partial charge is 0.303 e. The van der Waals surface area contributed by atoms with Gasteiger partial charge in [0.05, 0.1) is 6.10 Å². The van der Waals surface area contributed by atoms with Gasteiger partial charge in [0.25, 0.3) is 8.32 Å². The van der Waals surface area contributed by atoms with Gasteiger partial charge in [0.15, 0.2) is 12.4 Å². The summed E-state index contributed by atoms with van der Waals surface area (Å²) in [6.45, 7) is 11.1. The predicted molar refractivity (Wildman–Crippen MR) is 129 cm³/mol. The molecule has 0 aromatic heterocycles. The molecule has 7 heteroatoms. The van der Waals surface area contributed by atoms with Crippen LogP contribution >= 0.6 is 0 Å². The fraction of sp³-hybridized carbons (Fsp3) is 0.462. The largest absolute Gasteiger partial charge is 0.458 e. The Morgan fingerprint density at radius 3 is 1.79 bits per heavy atom. The number of esters is 2. The van der Waals surface area contributed by atoms with Crippen LogP contribution in [-0.4, -0.2) is 44.9 Å². The van der Waals surface area contributed by atoms with Crippen molar-refractivity contribution in [2.24, 2.45) is 0 Å². The number of hydrogen-bond acceptors (Lipinski definition) is 6. The molecule has 0 bridgehead atoms. The number of hydrogen-bond donors (Lipinski definition) is 0. The van der Waals surface area contributed by atoms with Crippen molar-refractivity contribution in [3.05, 3.63) is 60.7 Å². The molecule has 0 radical (unpaired) electrons. The standard InChI is InChI=1S/C26H34O6Si/c1-18-25(31-20(3)28)23(30-19(2)27)17-24(29-18)32-33(26(4,5)6,21-13-9-7-10-14-21)22-15-11-8-12-16-22/h7-16,18,23-25H,17H2,1-6H3/t18-,23-,24+,25+/m0/s1. The van der Waals surface area contributed by atoms with E-state index in [9.17, 15) is 9.59 Å². The highest BCUT2D eigenvalue weighted by atomic mass is 28.4. The van der Waals surface area contributed by atoms with Crippen LogP contribution in [0.2, 0.25) is 5.04 Å². The Kier molecular flexibility index (Phi) is 7.77. The van der Waals surface area contributed by atoms with E-state index in [-0.39, 0.29) is 11.5 Å². The average molecular weight is 471 g/mol. The minimum atomic E-state index is -2.86. The van der Waals surface area contributed by atoms with Crippen molar-refractivity contribution in [2.75, 3.05) is 0 Å². The predicted octanol–water partition coefficient (Wildman–Crippen LogP) is 3.56. The number of ether oxygens (including phenoxy) is 3. The summed E-state index contributed by atoms with van der Waals surface area (Å²) in [5.41, 5.74) is 0. The number of carbonyl (C=O) groups excluding carboxylic acids is 2. The van der Waals surface area contributed by atoms with Crippen LogP contribution in [0, 0.1) is 0 Å². The Balaban J connectivity index is 2.04. The van der Waals surface area contributed by atoms with Gasteiger partial charge in [-0.25, -0.2) is 0 Å². The van der Waals surface area contributed by atoms with Crippen molar-refractivity contribution in [2.45, 2.75) is 77.6 Å². The molecule has 1 aliphatic heterocycles. The van der Waals surface area contributed by atoms with Gasteiger partial charge in [0.2, 0.25) is 0 Å². The van der Waals surface area contributed by atoms with Crippen LogP contribution in [0.25, 0.3) is 0 Å². The molecule has 33 heavy (non-hydrogen) atoms. The minimum absolute atomic E-state index is 0.230. The Hall–Kier alpha value is -2.48. The lowest BCUT2D eigenvalue weighted by Crippen LogP contribution is -2.69. The number of benzene rings is 2. The van der Waals surface area contributed by atoms with Crippen molar-refractivity contribution in [1.29, 1.82) is 0 Å². The van der Waals surface area contributed by atoms with E-state index in [1.54, 1.807) is 0 Å². The van der Waals surface area contributed by atoms with Gasteiger partial charge in [-0.3, -0.25) is 9.59 Å². The molecule has 0 amide bonds. The van der Waals surface area contributed by atoms with Gasteiger partial charge in [0, 0.05) is 20.3 Å². The summed E-state index contributed by atoms with van der Waals surface area (Å²) in [5.74, 6) is -0.880. The second-order valence-corrected chi connectivity index (χ2v) is 13.8. The van der Waals surface area contributed by atoms with Gasteiger partial charge in [-0.05, 0) is 22.3 Å². The maximum atomic E-state index is 11.8. The fourth-order valence-corrected chi connectivity index (χ4v) is 9.22. The molecule has 2 aromatic rings. The highest BCUT2D eigenvalue weighted by molar-refractivity contribution is 6.99. The zero-order valence-corrected chi connectivity index (χ0v) is 21.2. The van der Waals surface area contributed by atoms with Crippen LogP contribution in [0.5, 0.6) is 0 Å². The van der Waals surface area contributed by atoms with Crippen molar-refractivity contribution in [1.82, 2.24) is 0 Å². The molecule has 6 nitrogen and oxygen atoms in total. The lowest BCUT2D eigenvalue weighted by molar-refractivity contribution is -0.236. The fourth-order valence-electron chi connectivity index (χ4n) is 4.65. The van der Waals surface area contributed by atoms with Crippen molar-refractivity contribution < 1.29 is 28.2 Å². The quantitative estimate of drug-likeness (QED) is 0.475. The van der Waals surface area contributed by atoms with Crippen LogP contribution in [0.4, 0.5) is 0 Å². The van der Waals surface area contributed by atoms with Gasteiger partial charge in [-0.15, -0.1) is 0 Å². The highest BCUT2D eigenvalue weighted by Crippen LogP contribution is 2.39. The third-order valence-electron chi connectivity index (χ3n) is 5.96. The second-order valence-electron chi connectivity index (χ2n) is 9.51. The molecular weight excluding hydrogens is 436 g/mol. The zero-order chi connectivity index (χ0) is 24.2. The maximum absolute atomic E-state index is 11.8. The number of rotatable bonds is 6. The van der Waals surface area contributed by atoms with Crippen LogP contribution in [0.15, 0.2) is 60.7 Å². The van der Waals surface area contributed by atoms with E-state index >= 15 is 0 Å². The molecule has 2 aromatic carbocycles. The Morgan fingerprint density at radius 2 is 1.36 bits per heavy atom. The molecule has 0 spiro atoms. The van der Waals surface area contributed by atoms with Gasteiger partial charge in [-0.2, -0.15) is 0 Å². The molecule has 1 heterocycles. The first-order valence-corrected chi connectivity index (χ1v) is 13.2. The summed E-state index contributed by atoms with van der Waals surface area (Å²) in [6, 6.07) is 20.5. The summed E-state index contributed by atoms with van der Waals surface area (Å²) in [6.07, 6.45) is -2.21. The minimum Gasteiger partial charge on any atom is -0.458 e. The molecule has 4 atom stereocenters. The second kappa shape index (κ2) is 10.2. The first-order valence-electron chi connectivity index (χ1n) is 11.3. The Morgan fingerprint density at radius 1 is 0.879 bits per heavy atom. The SMILES string of the molecule is CC(=O)O[C@@H]1[C@H](C)O[C@H](O[Si](c2ccccc2)(c2ccccc2)C(C)(C)C)C[C@@H]1OC(C)=O. The molecule has 0 saturated carbocycles. The first-order chi connectivity index (χ1) is 15.5. The lowest BCUT2D eigenvalue weighted by atomic mass is 10.0. The Bertz CT molecular complexity index is 901. The third-order valence-corrected chi connectivity index (χ3v) is 11.0. The van der Waals surface area contributed by atoms with Gasteiger partial charge >= 0.3 is 11.9 Å². The summed E-state index contributed by atoms with van der Waals surface area (Å²) in [7, 11) is -2.86. The first kappa shape index (κ1) is 25.1. The van der Waals surface area contributed by atoms with E-state index in [0.29, 0.717) is 0 Å². The molecular formula is C26H34O6Si. The molecule has 3 rings (SSSR count). The number of carbonyl (C=O) groups is 2. The summed E-state index contributed by atoms with van der Waals surface area (Å²) in [5, 5.41) is 2.03. The summed E-state index contributed by atoms with van der Waals surface area (Å²) >= 11 is 0. The molecule has 1 fully saturated rings. The zero-order valence-electron chi connectivity index (χ0n) is 20.2. The van der Waals surface area contributed by atoms with Crippen LogP contribution in [0.3, 0.4) is 0 Å². The monoisotopic (exact) mass is 470 g/mol. The molecule has 0 aliphatic carbocycles. The van der Waals surface area contributed by atoms with Crippen LogP contribution in [0.1, 0.15) is 48.0 Å². The van der Waals surface area contributed by atoms with Crippen molar-refractivity contribution in [3.63, 3.8) is 0 Å². The molecule has 178 valence electrons. The third kappa shape index (κ3) is 5.54. The van der Waals surface area contributed by atoms with E-state index < -0.39 is 44.9 Å². The maximum Gasteiger partial charge on any atom is 0.303 e. The Labute approximate surface area is 197 Å². The van der Waals surface area contributed by atoms with Gasteiger partial charge in [0.1, 0.15) is 6.10 Å². The van der Waals surface area contributed by atoms with Crippen LogP contribution in [-0.2, 0) is 28.2 Å². The van der Waals surface area contributed by atoms with Crippen molar-refractivity contribution >= 4 is 30.6 Å². The van der Waals surface area contributed by atoms with E-state index in [1.165, 1.54) is 13.8 Å². The van der Waals surface area contributed by atoms with Gasteiger partial charge < -0.3 is 18.6 Å². The molecule has 1 saturated heterocycles. The molecule has 0 unspecified atom stereocenters. The lowest BCUT2D eigenvalue weighted by Gasteiger charge is -2.47. The van der Waals surface area contributed by atoms with E-state index in [2.05, 4.69) is 45.0 Å². The van der Waals surface area contributed by atoms with E-state index in [0.717, 1.165) is 10.4 Å².